The van der Waals surface area contributed by atoms with Gasteiger partial charge in [0.25, 0.3) is 5.91 Å². The summed E-state index contributed by atoms with van der Waals surface area (Å²) >= 11 is 2.26. The predicted molar refractivity (Wildman–Crippen MR) is 80.0 cm³/mol. The summed E-state index contributed by atoms with van der Waals surface area (Å²) in [6.45, 7) is 5.08. The molecule has 0 aromatic heterocycles. The summed E-state index contributed by atoms with van der Waals surface area (Å²) in [6.07, 6.45) is 0. The van der Waals surface area contributed by atoms with E-state index in [1.807, 2.05) is 24.3 Å². The number of hydrogen-bond donors (Lipinski definition) is 3. The van der Waals surface area contributed by atoms with Crippen molar-refractivity contribution in [3.63, 3.8) is 0 Å². The fourth-order valence-electron chi connectivity index (χ4n) is 2.17. The van der Waals surface area contributed by atoms with Crippen LogP contribution in [0, 0.1) is 3.57 Å². The number of likely N-dealkylation sites (N-methyl/N-ethyl adjacent to an activating group) is 1. The maximum atomic E-state index is 11.9. The number of anilines is 1. The Morgan fingerprint density at radius 2 is 1.83 bits per heavy atom. The summed E-state index contributed by atoms with van der Waals surface area (Å²) in [6, 6.07) is 7.90. The number of nitrogens with one attached hydrogen (secondary N) is 3. The van der Waals surface area contributed by atoms with Gasteiger partial charge in [0.1, 0.15) is 26.2 Å². The largest absolute Gasteiger partial charge is 0.328 e. The molecule has 1 saturated heterocycles. The molecule has 1 heterocycles. The lowest BCUT2D eigenvalue weighted by Gasteiger charge is -2.26. The lowest BCUT2D eigenvalue weighted by Crippen LogP contribution is -3.27. The molecule has 0 aliphatic carbocycles. The number of amides is 1. The van der Waals surface area contributed by atoms with E-state index in [4.69, 9.17) is 0 Å². The van der Waals surface area contributed by atoms with Gasteiger partial charge >= 0.3 is 0 Å². The van der Waals surface area contributed by atoms with E-state index in [0.717, 1.165) is 31.9 Å². The molecule has 0 radical (unpaired) electrons. The van der Waals surface area contributed by atoms with Crippen LogP contribution in [-0.2, 0) is 4.79 Å². The quantitative estimate of drug-likeness (QED) is 0.572. The number of benzene rings is 1. The Kier molecular flexibility index (Phi) is 4.96. The zero-order valence-corrected chi connectivity index (χ0v) is 12.8. The third kappa shape index (κ3) is 4.22. The van der Waals surface area contributed by atoms with Gasteiger partial charge in [0.2, 0.25) is 0 Å². The Labute approximate surface area is 121 Å². The van der Waals surface area contributed by atoms with Crippen LogP contribution in [-0.4, -0.2) is 45.7 Å². The van der Waals surface area contributed by atoms with Gasteiger partial charge in [-0.05, 0) is 46.9 Å². The normalized spacial score (nSPS) is 23.7. The molecule has 2 rings (SSSR count). The van der Waals surface area contributed by atoms with Crippen LogP contribution in [0.25, 0.3) is 0 Å². The monoisotopic (exact) mass is 361 g/mol. The van der Waals surface area contributed by atoms with Crippen LogP contribution < -0.4 is 15.1 Å². The number of quaternary nitrogens is 2. The summed E-state index contributed by atoms with van der Waals surface area (Å²) in [5.41, 5.74) is 0.888. The average Bonchev–Trinajstić information content (AvgIpc) is 2.35. The van der Waals surface area contributed by atoms with Crippen LogP contribution in [0.5, 0.6) is 0 Å². The second-order valence-electron chi connectivity index (χ2n) is 4.94. The van der Waals surface area contributed by atoms with Crippen molar-refractivity contribution in [2.45, 2.75) is 0 Å². The standard InChI is InChI=1S/C13H18IN3O/c1-16-6-8-17(9-7-16)10-13(18)15-12-4-2-11(14)3-5-12/h2-5H,6-10H2,1H3,(H,15,18)/p+2. The molecule has 5 heteroatoms. The molecule has 18 heavy (non-hydrogen) atoms. The second-order valence-corrected chi connectivity index (χ2v) is 6.18. The third-order valence-electron chi connectivity index (χ3n) is 3.35. The summed E-state index contributed by atoms with van der Waals surface area (Å²) in [7, 11) is 2.21. The lowest BCUT2D eigenvalue weighted by atomic mass is 10.3. The van der Waals surface area contributed by atoms with Crippen LogP contribution in [0.2, 0.25) is 0 Å². The Hall–Kier alpha value is -0.660. The molecule has 3 N–H and O–H groups in total. The van der Waals surface area contributed by atoms with Crippen molar-refractivity contribution in [1.29, 1.82) is 0 Å². The molecule has 0 saturated carbocycles. The van der Waals surface area contributed by atoms with Crippen molar-refractivity contribution >= 4 is 34.2 Å². The fourth-order valence-corrected chi connectivity index (χ4v) is 2.53. The van der Waals surface area contributed by atoms with E-state index in [1.54, 1.807) is 4.90 Å². The van der Waals surface area contributed by atoms with E-state index in [9.17, 15) is 4.79 Å². The van der Waals surface area contributed by atoms with Crippen LogP contribution in [0.3, 0.4) is 0 Å². The first-order valence-electron chi connectivity index (χ1n) is 6.34. The molecule has 0 spiro atoms. The molecule has 1 amide bonds. The fraction of sp³-hybridized carbons (Fsp3) is 0.462. The molecule has 0 bridgehead atoms. The number of hydrogen-bond acceptors (Lipinski definition) is 1. The van der Waals surface area contributed by atoms with E-state index in [0.29, 0.717) is 6.54 Å². The van der Waals surface area contributed by atoms with Gasteiger partial charge in [-0.3, -0.25) is 4.79 Å². The molecule has 0 atom stereocenters. The number of rotatable bonds is 3. The van der Waals surface area contributed by atoms with Gasteiger partial charge in [-0.15, -0.1) is 0 Å². The smallest absolute Gasteiger partial charge is 0.279 e. The van der Waals surface area contributed by atoms with Crippen molar-refractivity contribution in [3.8, 4) is 0 Å². The summed E-state index contributed by atoms with van der Waals surface area (Å²) in [5, 5.41) is 2.96. The van der Waals surface area contributed by atoms with Crippen LogP contribution in [0.15, 0.2) is 24.3 Å². The summed E-state index contributed by atoms with van der Waals surface area (Å²) in [4.78, 5) is 14.9. The van der Waals surface area contributed by atoms with E-state index in [2.05, 4.69) is 35.0 Å². The SMILES string of the molecule is C[NH+]1CC[NH+](CC(=O)Nc2ccc(I)cc2)CC1. The minimum Gasteiger partial charge on any atom is -0.328 e. The zero-order chi connectivity index (χ0) is 13.0. The first-order valence-corrected chi connectivity index (χ1v) is 7.41. The number of carbonyl (C=O) groups is 1. The molecule has 1 fully saturated rings. The number of halogens is 1. The second kappa shape index (κ2) is 6.49. The van der Waals surface area contributed by atoms with E-state index in [1.165, 1.54) is 8.47 Å². The zero-order valence-electron chi connectivity index (χ0n) is 10.6. The minimum absolute atomic E-state index is 0.116. The Morgan fingerprint density at radius 1 is 1.22 bits per heavy atom. The molecule has 0 unspecified atom stereocenters. The molecule has 1 aliphatic heterocycles. The van der Waals surface area contributed by atoms with Crippen molar-refractivity contribution < 1.29 is 14.6 Å². The van der Waals surface area contributed by atoms with Gasteiger partial charge in [0.05, 0.1) is 7.05 Å². The minimum atomic E-state index is 0.116. The highest BCUT2D eigenvalue weighted by Crippen LogP contribution is 2.10. The van der Waals surface area contributed by atoms with Crippen LogP contribution >= 0.6 is 22.6 Å². The van der Waals surface area contributed by atoms with Gasteiger partial charge < -0.3 is 15.1 Å². The molecule has 98 valence electrons. The van der Waals surface area contributed by atoms with Crippen LogP contribution in [0.4, 0.5) is 5.69 Å². The van der Waals surface area contributed by atoms with E-state index < -0.39 is 0 Å². The van der Waals surface area contributed by atoms with Crippen molar-refractivity contribution in [2.24, 2.45) is 0 Å². The first kappa shape index (κ1) is 13.8. The maximum absolute atomic E-state index is 11.9. The topological polar surface area (TPSA) is 38.0 Å². The maximum Gasteiger partial charge on any atom is 0.279 e. The Balaban J connectivity index is 1.80. The van der Waals surface area contributed by atoms with Gasteiger partial charge in [-0.1, -0.05) is 0 Å². The van der Waals surface area contributed by atoms with E-state index in [-0.39, 0.29) is 5.91 Å². The molecular formula is C13H20IN3O+2. The summed E-state index contributed by atoms with van der Waals surface area (Å²) < 4.78 is 1.18. The molecular weight excluding hydrogens is 341 g/mol. The molecule has 4 nitrogen and oxygen atoms in total. The highest BCUT2D eigenvalue weighted by molar-refractivity contribution is 14.1. The highest BCUT2D eigenvalue weighted by Gasteiger charge is 2.22. The van der Waals surface area contributed by atoms with E-state index >= 15 is 0 Å². The first-order chi connectivity index (χ1) is 8.63. The Bertz CT molecular complexity index is 399. The van der Waals surface area contributed by atoms with Gasteiger partial charge in [-0.2, -0.15) is 0 Å². The van der Waals surface area contributed by atoms with Crippen molar-refractivity contribution in [1.82, 2.24) is 0 Å². The predicted octanol–water partition coefficient (Wildman–Crippen LogP) is -1.36. The highest BCUT2D eigenvalue weighted by atomic mass is 127. The van der Waals surface area contributed by atoms with Gasteiger partial charge in [-0.25, -0.2) is 0 Å². The van der Waals surface area contributed by atoms with Gasteiger partial charge in [0.15, 0.2) is 6.54 Å². The molecule has 1 aromatic rings. The van der Waals surface area contributed by atoms with Crippen molar-refractivity contribution in [2.75, 3.05) is 45.1 Å². The van der Waals surface area contributed by atoms with Crippen molar-refractivity contribution in [3.05, 3.63) is 27.8 Å². The number of carbonyl (C=O) groups excluding carboxylic acids is 1. The molecule has 1 aromatic carbocycles. The van der Waals surface area contributed by atoms with Gasteiger partial charge in [0, 0.05) is 9.26 Å². The summed E-state index contributed by atoms with van der Waals surface area (Å²) in [5.74, 6) is 0.116. The Morgan fingerprint density at radius 3 is 2.44 bits per heavy atom. The lowest BCUT2D eigenvalue weighted by molar-refractivity contribution is -0.999. The van der Waals surface area contributed by atoms with Crippen LogP contribution in [0.1, 0.15) is 0 Å². The average molecular weight is 361 g/mol. The molecule has 1 aliphatic rings. The number of piperazine rings is 1. The third-order valence-corrected chi connectivity index (χ3v) is 4.07.